The number of anilines is 1. The molecule has 3 aromatic rings. The molecular formula is C31H32ClN3O5. The van der Waals surface area contributed by atoms with Crippen LogP contribution in [0.2, 0.25) is 5.02 Å². The number of benzene rings is 2. The van der Waals surface area contributed by atoms with Crippen molar-refractivity contribution >= 4 is 29.1 Å². The van der Waals surface area contributed by atoms with Crippen LogP contribution in [0.4, 0.5) is 5.69 Å². The van der Waals surface area contributed by atoms with E-state index in [0.29, 0.717) is 46.5 Å². The second-order valence-electron chi connectivity index (χ2n) is 11.0. The van der Waals surface area contributed by atoms with Crippen molar-refractivity contribution in [1.29, 1.82) is 0 Å². The summed E-state index contributed by atoms with van der Waals surface area (Å²) >= 11 is 6.38. The van der Waals surface area contributed by atoms with E-state index >= 15 is 0 Å². The van der Waals surface area contributed by atoms with Gasteiger partial charge in [0.2, 0.25) is 11.8 Å². The lowest BCUT2D eigenvalue weighted by Crippen LogP contribution is -2.40. The number of rotatable bonds is 6. The predicted octanol–water partition coefficient (Wildman–Crippen LogP) is 5.12. The van der Waals surface area contributed by atoms with E-state index in [-0.39, 0.29) is 23.7 Å². The van der Waals surface area contributed by atoms with E-state index in [1.807, 2.05) is 18.2 Å². The van der Waals surface area contributed by atoms with Crippen LogP contribution in [-0.2, 0) is 16.0 Å². The van der Waals surface area contributed by atoms with Gasteiger partial charge in [0.1, 0.15) is 17.9 Å². The van der Waals surface area contributed by atoms with Crippen LogP contribution < -0.4 is 21.3 Å². The highest BCUT2D eigenvalue weighted by atomic mass is 35.5. The quantitative estimate of drug-likeness (QED) is 0.434. The standard InChI is InChI=1S/C31H32ClN3O5/c32-21-8-4-19-13-20-7-11-27(20)40-28-17-35(29(36)16-25(28)24(19)14-21)26(15-23-3-1-2-12-39-23)31(38)34-22-9-5-18(6-10-22)30(33)37/h4-6,8-10,14,16-17,20,23,26-27H,1-3,7,11-13,15H2,(H2,33,37)(H,34,38)/t20-,23+,26+,27-/m1/s1. The molecule has 208 valence electrons. The maximum absolute atomic E-state index is 13.7. The Morgan fingerprint density at radius 1 is 1.05 bits per heavy atom. The Kier molecular flexibility index (Phi) is 7.38. The van der Waals surface area contributed by atoms with Gasteiger partial charge in [-0.25, -0.2) is 0 Å². The summed E-state index contributed by atoms with van der Waals surface area (Å²) in [6.07, 6.45) is 7.67. The molecule has 3 aliphatic rings. The maximum Gasteiger partial charge on any atom is 0.252 e. The summed E-state index contributed by atoms with van der Waals surface area (Å²) in [6, 6.07) is 12.9. The first-order chi connectivity index (χ1) is 19.4. The lowest BCUT2D eigenvalue weighted by atomic mass is 9.76. The summed E-state index contributed by atoms with van der Waals surface area (Å²) in [5.74, 6) is 0.0743. The average molecular weight is 562 g/mol. The van der Waals surface area contributed by atoms with Crippen molar-refractivity contribution in [1.82, 2.24) is 4.57 Å². The van der Waals surface area contributed by atoms with Crippen LogP contribution in [0, 0.1) is 5.92 Å². The number of pyridine rings is 1. The minimum atomic E-state index is -0.832. The van der Waals surface area contributed by atoms with Crippen LogP contribution in [0.15, 0.2) is 59.5 Å². The third-order valence-electron chi connectivity index (χ3n) is 8.35. The SMILES string of the molecule is NC(=O)c1ccc(NC(=O)[C@H](C[C@@H]2CCCCO2)n2cc3c(cc2=O)-c2cc(Cl)ccc2C[C@H]2CC[C@H]2O3)cc1. The topological polar surface area (TPSA) is 113 Å². The third kappa shape index (κ3) is 5.38. The average Bonchev–Trinajstić information content (AvgIpc) is 2.94. The number of hydrogen-bond acceptors (Lipinski definition) is 5. The van der Waals surface area contributed by atoms with E-state index in [4.69, 9.17) is 26.8 Å². The normalized spacial score (nSPS) is 22.2. The summed E-state index contributed by atoms with van der Waals surface area (Å²) in [6.45, 7) is 0.635. The smallest absolute Gasteiger partial charge is 0.252 e. The Morgan fingerprint density at radius 3 is 2.58 bits per heavy atom. The first kappa shape index (κ1) is 26.6. The fraction of sp³-hybridized carbons (Fsp3) is 0.387. The van der Waals surface area contributed by atoms with Crippen LogP contribution in [0.5, 0.6) is 5.75 Å². The van der Waals surface area contributed by atoms with Gasteiger partial charge in [0.15, 0.2) is 0 Å². The molecule has 1 aromatic heterocycles. The Morgan fingerprint density at radius 2 is 1.88 bits per heavy atom. The molecule has 3 N–H and O–H groups in total. The molecule has 1 saturated heterocycles. The number of halogens is 1. The Balaban J connectivity index is 1.39. The number of aromatic nitrogens is 1. The highest BCUT2D eigenvalue weighted by Gasteiger charge is 2.37. The summed E-state index contributed by atoms with van der Waals surface area (Å²) in [5.41, 5.74) is 8.62. The molecule has 0 bridgehead atoms. The molecule has 0 unspecified atom stereocenters. The van der Waals surface area contributed by atoms with Crippen molar-refractivity contribution in [3.63, 3.8) is 0 Å². The molecule has 0 spiro atoms. The zero-order valence-corrected chi connectivity index (χ0v) is 22.9. The van der Waals surface area contributed by atoms with Crippen molar-refractivity contribution in [2.75, 3.05) is 11.9 Å². The minimum absolute atomic E-state index is 0.0613. The number of nitrogens with zero attached hydrogens (tertiary/aromatic N) is 1. The molecule has 2 amide bonds. The molecule has 4 atom stereocenters. The zero-order valence-electron chi connectivity index (χ0n) is 22.1. The molecule has 40 heavy (non-hydrogen) atoms. The van der Waals surface area contributed by atoms with E-state index < -0.39 is 11.9 Å². The summed E-state index contributed by atoms with van der Waals surface area (Å²) < 4.78 is 13.9. The van der Waals surface area contributed by atoms with Crippen LogP contribution in [0.25, 0.3) is 11.1 Å². The van der Waals surface area contributed by atoms with Gasteiger partial charge in [-0.3, -0.25) is 19.0 Å². The Labute approximate surface area is 237 Å². The van der Waals surface area contributed by atoms with E-state index in [9.17, 15) is 14.4 Å². The van der Waals surface area contributed by atoms with Gasteiger partial charge in [-0.15, -0.1) is 0 Å². The van der Waals surface area contributed by atoms with Gasteiger partial charge in [0.05, 0.1) is 12.3 Å². The monoisotopic (exact) mass is 561 g/mol. The number of nitrogens with one attached hydrogen (secondary N) is 1. The number of fused-ring (bicyclic) bond motifs is 4. The lowest BCUT2D eigenvalue weighted by Gasteiger charge is -2.39. The van der Waals surface area contributed by atoms with Gasteiger partial charge in [0.25, 0.3) is 5.56 Å². The molecule has 6 rings (SSSR count). The number of carbonyl (C=O) groups is 2. The van der Waals surface area contributed by atoms with Crippen molar-refractivity contribution in [2.24, 2.45) is 11.7 Å². The van der Waals surface area contributed by atoms with Gasteiger partial charge >= 0.3 is 0 Å². The van der Waals surface area contributed by atoms with Crippen LogP contribution in [0.3, 0.4) is 0 Å². The second-order valence-corrected chi connectivity index (χ2v) is 11.4. The van der Waals surface area contributed by atoms with Gasteiger partial charge in [-0.05, 0) is 86.1 Å². The highest BCUT2D eigenvalue weighted by molar-refractivity contribution is 6.30. The molecule has 3 heterocycles. The summed E-state index contributed by atoms with van der Waals surface area (Å²) in [5, 5.41) is 3.50. The molecule has 8 nitrogen and oxygen atoms in total. The van der Waals surface area contributed by atoms with Gasteiger partial charge in [0, 0.05) is 46.8 Å². The van der Waals surface area contributed by atoms with E-state index in [0.717, 1.165) is 49.7 Å². The van der Waals surface area contributed by atoms with Crippen molar-refractivity contribution < 1.29 is 19.1 Å². The lowest BCUT2D eigenvalue weighted by molar-refractivity contribution is -0.121. The van der Waals surface area contributed by atoms with E-state index in [1.54, 1.807) is 36.5 Å². The molecule has 1 aliphatic carbocycles. The molecule has 0 radical (unpaired) electrons. The largest absolute Gasteiger partial charge is 0.488 e. The molecule has 1 saturated carbocycles. The number of amides is 2. The van der Waals surface area contributed by atoms with Crippen LogP contribution in [-0.4, -0.2) is 35.2 Å². The maximum atomic E-state index is 13.7. The van der Waals surface area contributed by atoms with Crippen molar-refractivity contribution in [3.8, 4) is 16.9 Å². The van der Waals surface area contributed by atoms with Crippen LogP contribution >= 0.6 is 11.6 Å². The Bertz CT molecular complexity index is 1500. The van der Waals surface area contributed by atoms with E-state index in [1.165, 1.54) is 4.57 Å². The number of hydrogen-bond donors (Lipinski definition) is 2. The minimum Gasteiger partial charge on any atom is -0.488 e. The third-order valence-corrected chi connectivity index (χ3v) is 8.59. The highest BCUT2D eigenvalue weighted by Crippen LogP contribution is 2.43. The summed E-state index contributed by atoms with van der Waals surface area (Å²) in [7, 11) is 0. The van der Waals surface area contributed by atoms with Crippen molar-refractivity contribution in [2.45, 2.75) is 63.2 Å². The number of primary amides is 1. The number of ether oxygens (including phenoxy) is 2. The molecule has 2 aromatic carbocycles. The zero-order chi connectivity index (χ0) is 27.8. The number of carbonyl (C=O) groups excluding carboxylic acids is 2. The second kappa shape index (κ2) is 11.1. The molecule has 2 aliphatic heterocycles. The van der Waals surface area contributed by atoms with Gasteiger partial charge in [-0.1, -0.05) is 17.7 Å². The molecular weight excluding hydrogens is 530 g/mol. The van der Waals surface area contributed by atoms with Gasteiger partial charge < -0.3 is 20.5 Å². The fourth-order valence-corrected chi connectivity index (χ4v) is 6.13. The Hall–Kier alpha value is -3.62. The first-order valence-corrected chi connectivity index (χ1v) is 14.3. The molecule has 2 fully saturated rings. The fourth-order valence-electron chi connectivity index (χ4n) is 5.96. The predicted molar refractivity (Wildman–Crippen MR) is 153 cm³/mol. The van der Waals surface area contributed by atoms with Crippen LogP contribution in [0.1, 0.15) is 60.5 Å². The van der Waals surface area contributed by atoms with Crippen molar-refractivity contribution in [3.05, 3.63) is 81.2 Å². The molecule has 9 heteroatoms. The van der Waals surface area contributed by atoms with Gasteiger partial charge in [-0.2, -0.15) is 0 Å². The van der Waals surface area contributed by atoms with E-state index in [2.05, 4.69) is 5.32 Å². The summed E-state index contributed by atoms with van der Waals surface area (Å²) in [4.78, 5) is 38.9. The first-order valence-electron chi connectivity index (χ1n) is 13.9. The number of nitrogens with two attached hydrogens (primary N) is 1.